The van der Waals surface area contributed by atoms with Gasteiger partial charge in [-0.3, -0.25) is 14.5 Å². The summed E-state index contributed by atoms with van der Waals surface area (Å²) in [5.41, 5.74) is 2.73. The lowest BCUT2D eigenvalue weighted by Crippen LogP contribution is -2.44. The Morgan fingerprint density at radius 3 is 3.04 bits per heavy atom. The Balaban J connectivity index is 1.39. The second-order valence-corrected chi connectivity index (χ2v) is 8.28. The van der Waals surface area contributed by atoms with E-state index in [-0.39, 0.29) is 17.7 Å². The number of furan rings is 1. The van der Waals surface area contributed by atoms with E-state index in [0.717, 1.165) is 32.4 Å². The molecule has 2 aromatic rings. The highest BCUT2D eigenvalue weighted by Gasteiger charge is 2.29. The first kappa shape index (κ1) is 17.5. The number of carbonyl (C=O) groups excluding carboxylic acids is 2. The van der Waals surface area contributed by atoms with Crippen molar-refractivity contribution < 1.29 is 14.0 Å². The molecule has 0 saturated heterocycles. The molecule has 138 valence electrons. The molecule has 6 heteroatoms. The number of hydrogen-bond donors (Lipinski definition) is 1. The fourth-order valence-corrected chi connectivity index (χ4v) is 4.85. The standard InChI is InChI=1S/C20H24N2O3S/c1-12(22-8-6-17-14(11-22)7-9-26-17)10-21-20(24)19-13(2)18-15(23)4-3-5-16(18)25-19/h7,9,12H,3-6,8,10-11H2,1-2H3,(H,21,24). The van der Waals surface area contributed by atoms with Crippen molar-refractivity contribution in [3.63, 3.8) is 0 Å². The maximum absolute atomic E-state index is 12.6. The molecule has 0 saturated carbocycles. The van der Waals surface area contributed by atoms with Crippen LogP contribution in [-0.4, -0.2) is 35.7 Å². The van der Waals surface area contributed by atoms with Crippen LogP contribution in [0.25, 0.3) is 0 Å². The Hall–Kier alpha value is -1.92. The van der Waals surface area contributed by atoms with E-state index in [9.17, 15) is 9.59 Å². The molecule has 0 spiro atoms. The number of carbonyl (C=O) groups is 2. The summed E-state index contributed by atoms with van der Waals surface area (Å²) >= 11 is 1.83. The number of thiophene rings is 1. The molecule has 0 bridgehead atoms. The minimum absolute atomic E-state index is 0.0970. The minimum atomic E-state index is -0.218. The van der Waals surface area contributed by atoms with Crippen LogP contribution in [0, 0.1) is 6.92 Å². The summed E-state index contributed by atoms with van der Waals surface area (Å²) in [5, 5.41) is 5.15. The average molecular weight is 372 g/mol. The highest BCUT2D eigenvalue weighted by atomic mass is 32.1. The van der Waals surface area contributed by atoms with Gasteiger partial charge in [0.2, 0.25) is 0 Å². The quantitative estimate of drug-likeness (QED) is 0.894. The van der Waals surface area contributed by atoms with Crippen molar-refractivity contribution in [2.75, 3.05) is 13.1 Å². The summed E-state index contributed by atoms with van der Waals surface area (Å²) in [7, 11) is 0. The second-order valence-electron chi connectivity index (χ2n) is 7.28. The van der Waals surface area contributed by atoms with Gasteiger partial charge in [0.15, 0.2) is 11.5 Å². The van der Waals surface area contributed by atoms with E-state index in [0.29, 0.717) is 35.6 Å². The highest BCUT2D eigenvalue weighted by molar-refractivity contribution is 7.10. The first-order chi connectivity index (χ1) is 12.5. The van der Waals surface area contributed by atoms with Gasteiger partial charge in [-0.2, -0.15) is 0 Å². The molecular weight excluding hydrogens is 348 g/mol. The van der Waals surface area contributed by atoms with Crippen LogP contribution in [0.5, 0.6) is 0 Å². The molecule has 1 amide bonds. The van der Waals surface area contributed by atoms with E-state index in [4.69, 9.17) is 4.42 Å². The van der Waals surface area contributed by atoms with Crippen LogP contribution in [0.4, 0.5) is 0 Å². The lowest BCUT2D eigenvalue weighted by Gasteiger charge is -2.32. The van der Waals surface area contributed by atoms with Gasteiger partial charge in [-0.15, -0.1) is 11.3 Å². The number of Topliss-reactive ketones (excluding diaryl/α,β-unsaturated/α-hetero) is 1. The Morgan fingerprint density at radius 1 is 1.38 bits per heavy atom. The number of aryl methyl sites for hydroxylation is 1. The summed E-state index contributed by atoms with van der Waals surface area (Å²) in [6.45, 7) is 6.48. The molecule has 5 nitrogen and oxygen atoms in total. The van der Waals surface area contributed by atoms with E-state index >= 15 is 0 Å². The SMILES string of the molecule is Cc1c(C(=O)NCC(C)N2CCc3sccc3C2)oc2c1C(=O)CCC2. The van der Waals surface area contributed by atoms with E-state index < -0.39 is 0 Å². The molecule has 4 rings (SSSR count). The maximum atomic E-state index is 12.6. The van der Waals surface area contributed by atoms with Crippen LogP contribution in [0.2, 0.25) is 0 Å². The molecule has 0 radical (unpaired) electrons. The van der Waals surface area contributed by atoms with Gasteiger partial charge in [-0.05, 0) is 43.7 Å². The molecule has 1 aliphatic carbocycles. The normalized spacial score (nSPS) is 18.3. The topological polar surface area (TPSA) is 62.6 Å². The molecule has 0 fully saturated rings. The zero-order valence-corrected chi connectivity index (χ0v) is 16.1. The summed E-state index contributed by atoms with van der Waals surface area (Å²) in [5.74, 6) is 0.860. The van der Waals surface area contributed by atoms with Crippen LogP contribution < -0.4 is 5.32 Å². The monoisotopic (exact) mass is 372 g/mol. The summed E-state index contributed by atoms with van der Waals surface area (Å²) in [6.07, 6.45) is 3.17. The number of amides is 1. The number of fused-ring (bicyclic) bond motifs is 2. The van der Waals surface area contributed by atoms with Crippen molar-refractivity contribution in [3.8, 4) is 0 Å². The fourth-order valence-electron chi connectivity index (χ4n) is 3.96. The number of rotatable bonds is 4. The van der Waals surface area contributed by atoms with Crippen LogP contribution in [0.3, 0.4) is 0 Å². The zero-order chi connectivity index (χ0) is 18.3. The van der Waals surface area contributed by atoms with E-state index in [1.807, 2.05) is 18.3 Å². The third-order valence-electron chi connectivity index (χ3n) is 5.53. The molecule has 1 unspecified atom stereocenters. The summed E-state index contributed by atoms with van der Waals surface area (Å²) in [4.78, 5) is 28.6. The summed E-state index contributed by atoms with van der Waals surface area (Å²) in [6, 6.07) is 2.45. The first-order valence-electron chi connectivity index (χ1n) is 9.27. The fraction of sp³-hybridized carbons (Fsp3) is 0.500. The van der Waals surface area contributed by atoms with Gasteiger partial charge < -0.3 is 9.73 Å². The third kappa shape index (κ3) is 3.12. The Kier molecular flexibility index (Phi) is 4.71. The largest absolute Gasteiger partial charge is 0.455 e. The lowest BCUT2D eigenvalue weighted by atomic mass is 9.94. The van der Waals surface area contributed by atoms with Crippen molar-refractivity contribution in [1.82, 2.24) is 10.2 Å². The van der Waals surface area contributed by atoms with E-state index in [2.05, 4.69) is 28.6 Å². The third-order valence-corrected chi connectivity index (χ3v) is 6.55. The molecule has 1 aliphatic heterocycles. The van der Waals surface area contributed by atoms with Gasteiger partial charge in [-0.25, -0.2) is 0 Å². The van der Waals surface area contributed by atoms with E-state index in [1.165, 1.54) is 10.4 Å². The van der Waals surface area contributed by atoms with Crippen molar-refractivity contribution >= 4 is 23.0 Å². The molecule has 2 aromatic heterocycles. The molecule has 1 atom stereocenters. The van der Waals surface area contributed by atoms with Crippen LogP contribution in [0.15, 0.2) is 15.9 Å². The van der Waals surface area contributed by atoms with Crippen molar-refractivity contribution in [3.05, 3.63) is 44.5 Å². The van der Waals surface area contributed by atoms with Crippen molar-refractivity contribution in [1.29, 1.82) is 0 Å². The van der Waals surface area contributed by atoms with Gasteiger partial charge in [0.25, 0.3) is 5.91 Å². The Bertz CT molecular complexity index is 851. The number of ketones is 1. The molecule has 2 aliphatic rings. The lowest BCUT2D eigenvalue weighted by molar-refractivity contribution is 0.0900. The number of hydrogen-bond acceptors (Lipinski definition) is 5. The van der Waals surface area contributed by atoms with Crippen LogP contribution in [0.1, 0.15) is 62.4 Å². The molecule has 3 heterocycles. The number of nitrogens with one attached hydrogen (secondary N) is 1. The van der Waals surface area contributed by atoms with Crippen LogP contribution in [-0.2, 0) is 19.4 Å². The predicted octanol–water partition coefficient (Wildman–Crippen LogP) is 3.35. The Morgan fingerprint density at radius 2 is 2.23 bits per heavy atom. The van der Waals surface area contributed by atoms with E-state index in [1.54, 1.807) is 0 Å². The molecule has 1 N–H and O–H groups in total. The minimum Gasteiger partial charge on any atom is -0.455 e. The predicted molar refractivity (Wildman–Crippen MR) is 101 cm³/mol. The molecule has 0 aromatic carbocycles. The maximum Gasteiger partial charge on any atom is 0.287 e. The van der Waals surface area contributed by atoms with Crippen LogP contribution >= 0.6 is 11.3 Å². The molecule has 26 heavy (non-hydrogen) atoms. The smallest absolute Gasteiger partial charge is 0.287 e. The Labute approximate surface area is 157 Å². The zero-order valence-electron chi connectivity index (χ0n) is 15.3. The van der Waals surface area contributed by atoms with Gasteiger partial charge >= 0.3 is 0 Å². The average Bonchev–Trinajstić information content (AvgIpc) is 3.24. The highest BCUT2D eigenvalue weighted by Crippen LogP contribution is 2.29. The van der Waals surface area contributed by atoms with Gasteiger partial charge in [-0.1, -0.05) is 0 Å². The first-order valence-corrected chi connectivity index (χ1v) is 10.2. The molecular formula is C20H24N2O3S. The van der Waals surface area contributed by atoms with Gasteiger partial charge in [0, 0.05) is 49.0 Å². The second kappa shape index (κ2) is 7.00. The van der Waals surface area contributed by atoms with Crippen molar-refractivity contribution in [2.24, 2.45) is 0 Å². The summed E-state index contributed by atoms with van der Waals surface area (Å²) < 4.78 is 5.74. The van der Waals surface area contributed by atoms with Gasteiger partial charge in [0.1, 0.15) is 5.76 Å². The van der Waals surface area contributed by atoms with Crippen molar-refractivity contribution in [2.45, 2.75) is 52.1 Å². The van der Waals surface area contributed by atoms with Gasteiger partial charge in [0.05, 0.1) is 5.56 Å². The number of nitrogens with zero attached hydrogens (tertiary/aromatic N) is 1.